The lowest BCUT2D eigenvalue weighted by Gasteiger charge is -2.32. The summed E-state index contributed by atoms with van der Waals surface area (Å²) in [7, 11) is 0. The van der Waals surface area contributed by atoms with Crippen LogP contribution in [-0.4, -0.2) is 52.8 Å². The van der Waals surface area contributed by atoms with Crippen molar-refractivity contribution in [3.63, 3.8) is 0 Å². The molecule has 1 heterocycles. The highest BCUT2D eigenvalue weighted by Gasteiger charge is 2.30. The molecule has 2 N–H and O–H groups in total. The van der Waals surface area contributed by atoms with E-state index in [2.05, 4.69) is 11.6 Å². The molecule has 1 aliphatic carbocycles. The third-order valence-electron chi connectivity index (χ3n) is 3.75. The Kier molecular flexibility index (Phi) is 4.56. The molecule has 1 aliphatic heterocycles. The number of nitrogens with one attached hydrogen (secondary N) is 1. The number of piperidine rings is 1. The number of aliphatic hydroxyl groups is 1. The van der Waals surface area contributed by atoms with Crippen molar-refractivity contribution in [2.45, 2.75) is 49.5 Å². The number of amides is 2. The van der Waals surface area contributed by atoms with E-state index >= 15 is 0 Å². The van der Waals surface area contributed by atoms with Gasteiger partial charge in [0.15, 0.2) is 0 Å². The Morgan fingerprint density at radius 1 is 1.35 bits per heavy atom. The first-order chi connectivity index (χ1) is 8.20. The smallest absolute Gasteiger partial charge is 0.317 e. The topological polar surface area (TPSA) is 52.6 Å². The summed E-state index contributed by atoms with van der Waals surface area (Å²) in [6.07, 6.45) is 7.00. The van der Waals surface area contributed by atoms with Gasteiger partial charge < -0.3 is 15.3 Å². The summed E-state index contributed by atoms with van der Waals surface area (Å²) in [4.78, 5) is 13.8. The first-order valence-corrected chi connectivity index (χ1v) is 7.76. The highest BCUT2D eigenvalue weighted by Crippen LogP contribution is 2.28. The molecule has 3 atom stereocenters. The minimum Gasteiger partial charge on any atom is -0.391 e. The average Bonchev–Trinajstić information content (AvgIpc) is 2.76. The van der Waals surface area contributed by atoms with Gasteiger partial charge >= 0.3 is 6.03 Å². The molecule has 0 radical (unpaired) electrons. The van der Waals surface area contributed by atoms with Crippen LogP contribution in [0, 0.1) is 0 Å². The predicted molar refractivity (Wildman–Crippen MR) is 70.3 cm³/mol. The second kappa shape index (κ2) is 5.96. The Labute approximate surface area is 107 Å². The van der Waals surface area contributed by atoms with Gasteiger partial charge in [0.1, 0.15) is 0 Å². The molecule has 0 aromatic rings. The monoisotopic (exact) mass is 258 g/mol. The van der Waals surface area contributed by atoms with Crippen LogP contribution in [0.25, 0.3) is 0 Å². The number of nitrogens with zero attached hydrogens (tertiary/aromatic N) is 1. The summed E-state index contributed by atoms with van der Waals surface area (Å²) in [5.74, 6) is 0. The van der Waals surface area contributed by atoms with Crippen LogP contribution in [0.1, 0.15) is 32.1 Å². The lowest BCUT2D eigenvalue weighted by Crippen LogP contribution is -2.51. The number of urea groups is 1. The fourth-order valence-electron chi connectivity index (χ4n) is 2.76. The Balaban J connectivity index is 1.83. The van der Waals surface area contributed by atoms with E-state index in [4.69, 9.17) is 0 Å². The quantitative estimate of drug-likeness (QED) is 0.788. The molecule has 5 heteroatoms. The Bertz CT molecular complexity index is 275. The first kappa shape index (κ1) is 13.0. The Hall–Kier alpha value is -0.420. The van der Waals surface area contributed by atoms with Crippen LogP contribution in [0.2, 0.25) is 0 Å². The van der Waals surface area contributed by atoms with Gasteiger partial charge in [-0.1, -0.05) is 6.42 Å². The minimum absolute atomic E-state index is 0.00898. The van der Waals surface area contributed by atoms with E-state index in [-0.39, 0.29) is 12.1 Å². The van der Waals surface area contributed by atoms with Gasteiger partial charge in [0.05, 0.1) is 6.10 Å². The van der Waals surface area contributed by atoms with E-state index in [9.17, 15) is 9.90 Å². The number of hydrogen-bond donors (Lipinski definition) is 2. The number of likely N-dealkylation sites (tertiary alicyclic amines) is 1. The highest BCUT2D eigenvalue weighted by atomic mass is 32.2. The van der Waals surface area contributed by atoms with Crippen molar-refractivity contribution in [1.29, 1.82) is 0 Å². The maximum Gasteiger partial charge on any atom is 0.317 e. The van der Waals surface area contributed by atoms with E-state index in [1.54, 1.807) is 4.90 Å². The molecule has 17 heavy (non-hydrogen) atoms. The number of rotatable bonds is 2. The maximum absolute atomic E-state index is 12.1. The van der Waals surface area contributed by atoms with Crippen LogP contribution in [0.15, 0.2) is 0 Å². The molecule has 2 fully saturated rings. The molecule has 2 rings (SSSR count). The second-order valence-electron chi connectivity index (χ2n) is 5.00. The van der Waals surface area contributed by atoms with Crippen molar-refractivity contribution in [2.75, 3.05) is 19.3 Å². The van der Waals surface area contributed by atoms with Gasteiger partial charge in [-0.2, -0.15) is 11.8 Å². The van der Waals surface area contributed by atoms with E-state index in [1.165, 1.54) is 12.8 Å². The van der Waals surface area contributed by atoms with Crippen LogP contribution in [0.4, 0.5) is 4.79 Å². The fourth-order valence-corrected chi connectivity index (χ4v) is 3.70. The molecule has 3 unspecified atom stereocenters. The fraction of sp³-hybridized carbons (Fsp3) is 0.917. The SMILES string of the molecule is CSC1CCCC1NC(=O)N1CCCC(O)C1. The normalized spacial score (nSPS) is 33.8. The van der Waals surface area contributed by atoms with Crippen molar-refractivity contribution in [2.24, 2.45) is 0 Å². The molecule has 2 amide bonds. The molecule has 0 aromatic carbocycles. The van der Waals surface area contributed by atoms with Crippen molar-refractivity contribution in [1.82, 2.24) is 10.2 Å². The molecule has 0 aromatic heterocycles. The highest BCUT2D eigenvalue weighted by molar-refractivity contribution is 7.99. The zero-order chi connectivity index (χ0) is 12.3. The minimum atomic E-state index is -0.338. The van der Waals surface area contributed by atoms with E-state index in [0.717, 1.165) is 25.8 Å². The average molecular weight is 258 g/mol. The third kappa shape index (κ3) is 3.28. The number of carbonyl (C=O) groups is 1. The summed E-state index contributed by atoms with van der Waals surface area (Å²) in [6.45, 7) is 1.27. The van der Waals surface area contributed by atoms with Crippen molar-refractivity contribution >= 4 is 17.8 Å². The largest absolute Gasteiger partial charge is 0.391 e. The van der Waals surface area contributed by atoms with E-state index < -0.39 is 0 Å². The van der Waals surface area contributed by atoms with Crippen molar-refractivity contribution in [3.05, 3.63) is 0 Å². The van der Waals surface area contributed by atoms with Gasteiger partial charge in [-0.25, -0.2) is 4.79 Å². The van der Waals surface area contributed by atoms with Gasteiger partial charge in [-0.3, -0.25) is 0 Å². The number of aliphatic hydroxyl groups excluding tert-OH is 1. The summed E-state index contributed by atoms with van der Waals surface area (Å²) >= 11 is 1.85. The standard InChI is InChI=1S/C12H22N2O2S/c1-17-11-6-2-5-10(11)13-12(16)14-7-3-4-9(15)8-14/h9-11,15H,2-8H2,1H3,(H,13,16). The van der Waals surface area contributed by atoms with Gasteiger partial charge in [0.25, 0.3) is 0 Å². The summed E-state index contributed by atoms with van der Waals surface area (Å²) in [5.41, 5.74) is 0. The molecular weight excluding hydrogens is 236 g/mol. The van der Waals surface area contributed by atoms with E-state index in [0.29, 0.717) is 17.8 Å². The van der Waals surface area contributed by atoms with Gasteiger partial charge in [0.2, 0.25) is 0 Å². The Morgan fingerprint density at radius 2 is 2.18 bits per heavy atom. The van der Waals surface area contributed by atoms with Crippen molar-refractivity contribution in [3.8, 4) is 0 Å². The number of β-amino-alcohol motifs (C(OH)–C–C–N with tert-alkyl or cyclic N) is 1. The van der Waals surface area contributed by atoms with Crippen LogP contribution in [0.5, 0.6) is 0 Å². The summed E-state index contributed by atoms with van der Waals surface area (Å²) in [6, 6.07) is 0.325. The molecule has 1 saturated carbocycles. The number of thioether (sulfide) groups is 1. The molecule has 1 saturated heterocycles. The number of hydrogen-bond acceptors (Lipinski definition) is 3. The zero-order valence-electron chi connectivity index (χ0n) is 10.4. The molecule has 0 spiro atoms. The third-order valence-corrected chi connectivity index (χ3v) is 4.92. The van der Waals surface area contributed by atoms with Gasteiger partial charge in [-0.05, 0) is 31.9 Å². The van der Waals surface area contributed by atoms with Crippen molar-refractivity contribution < 1.29 is 9.90 Å². The van der Waals surface area contributed by atoms with Crippen LogP contribution >= 0.6 is 11.8 Å². The lowest BCUT2D eigenvalue weighted by atomic mass is 10.1. The molecule has 2 aliphatic rings. The molecular formula is C12H22N2O2S. The summed E-state index contributed by atoms with van der Waals surface area (Å²) in [5, 5.41) is 13.3. The van der Waals surface area contributed by atoms with Crippen LogP contribution in [-0.2, 0) is 0 Å². The molecule has 98 valence electrons. The maximum atomic E-state index is 12.1. The predicted octanol–water partition coefficient (Wildman–Crippen LogP) is 1.44. The first-order valence-electron chi connectivity index (χ1n) is 6.47. The molecule has 4 nitrogen and oxygen atoms in total. The lowest BCUT2D eigenvalue weighted by molar-refractivity contribution is 0.0834. The van der Waals surface area contributed by atoms with Gasteiger partial charge in [0, 0.05) is 24.4 Å². The van der Waals surface area contributed by atoms with Gasteiger partial charge in [-0.15, -0.1) is 0 Å². The van der Waals surface area contributed by atoms with Crippen LogP contribution in [0.3, 0.4) is 0 Å². The van der Waals surface area contributed by atoms with Crippen LogP contribution < -0.4 is 5.32 Å². The Morgan fingerprint density at radius 3 is 2.88 bits per heavy atom. The second-order valence-corrected chi connectivity index (χ2v) is 6.08. The summed E-state index contributed by atoms with van der Waals surface area (Å²) < 4.78 is 0. The number of carbonyl (C=O) groups excluding carboxylic acids is 1. The molecule has 0 bridgehead atoms. The zero-order valence-corrected chi connectivity index (χ0v) is 11.2. The van der Waals surface area contributed by atoms with E-state index in [1.807, 2.05) is 11.8 Å².